The lowest BCUT2D eigenvalue weighted by molar-refractivity contribution is -0.118. The fraction of sp³-hybridized carbons (Fsp3) is 0.464. The maximum atomic E-state index is 11.3. The lowest BCUT2D eigenvalue weighted by Crippen LogP contribution is -2.22. The molecule has 1 amide bonds. The molecule has 32 heavy (non-hydrogen) atoms. The molecule has 1 heterocycles. The van der Waals surface area contributed by atoms with Gasteiger partial charge in [-0.1, -0.05) is 49.8 Å². The van der Waals surface area contributed by atoms with Gasteiger partial charge in [-0.2, -0.15) is 0 Å². The first-order valence-corrected chi connectivity index (χ1v) is 12.0. The third kappa shape index (κ3) is 9.27. The predicted molar refractivity (Wildman–Crippen MR) is 138 cm³/mol. The molecule has 1 aromatic carbocycles. The zero-order valence-electron chi connectivity index (χ0n) is 20.4. The van der Waals surface area contributed by atoms with Crippen LogP contribution in [0.2, 0.25) is 0 Å². The lowest BCUT2D eigenvalue weighted by Gasteiger charge is -2.19. The van der Waals surface area contributed by atoms with Crippen LogP contribution in [0.4, 0.5) is 0 Å². The van der Waals surface area contributed by atoms with Crippen molar-refractivity contribution in [2.45, 2.75) is 59.4 Å². The second-order valence-electron chi connectivity index (χ2n) is 8.58. The average molecular weight is 436 g/mol. The molecule has 0 saturated carbocycles. The minimum Gasteiger partial charge on any atom is -0.347 e. The molecular weight excluding hydrogens is 394 g/mol. The van der Waals surface area contributed by atoms with Crippen LogP contribution in [-0.4, -0.2) is 35.5 Å². The number of nitrogens with one attached hydrogen (secondary N) is 1. The van der Waals surface area contributed by atoms with E-state index >= 15 is 0 Å². The van der Waals surface area contributed by atoms with Gasteiger partial charge in [0.2, 0.25) is 5.91 Å². The molecule has 0 aliphatic rings. The van der Waals surface area contributed by atoms with Crippen LogP contribution < -0.4 is 5.32 Å². The number of rotatable bonds is 14. The van der Waals surface area contributed by atoms with E-state index in [2.05, 4.69) is 77.4 Å². The molecule has 0 aliphatic heterocycles. The van der Waals surface area contributed by atoms with Gasteiger partial charge in [0.15, 0.2) is 0 Å². The summed E-state index contributed by atoms with van der Waals surface area (Å²) in [5, 5.41) is 4.18. The number of benzene rings is 1. The fourth-order valence-electron chi connectivity index (χ4n) is 3.95. The van der Waals surface area contributed by atoms with Crippen LogP contribution >= 0.6 is 0 Å². The molecule has 0 fully saturated rings. The van der Waals surface area contributed by atoms with Crippen molar-refractivity contribution < 1.29 is 4.79 Å². The largest absolute Gasteiger partial charge is 0.347 e. The van der Waals surface area contributed by atoms with Gasteiger partial charge in [0, 0.05) is 30.9 Å². The van der Waals surface area contributed by atoms with E-state index in [4.69, 9.17) is 0 Å². The van der Waals surface area contributed by atoms with E-state index in [1.54, 1.807) is 0 Å². The molecule has 1 unspecified atom stereocenters. The number of carbonyl (C=O) groups excluding carboxylic acids is 1. The summed E-state index contributed by atoms with van der Waals surface area (Å²) in [5.41, 5.74) is 2.17. The maximum absolute atomic E-state index is 11.3. The number of aromatic nitrogens is 1. The number of para-hydroxylation sites is 1. The molecule has 1 N–H and O–H groups in total. The van der Waals surface area contributed by atoms with Crippen LogP contribution in [0.15, 0.2) is 72.6 Å². The van der Waals surface area contributed by atoms with Crippen molar-refractivity contribution in [3.8, 4) is 0 Å². The Kier molecular flexibility index (Phi) is 11.6. The smallest absolute Gasteiger partial charge is 0.221 e. The van der Waals surface area contributed by atoms with Crippen molar-refractivity contribution in [1.29, 1.82) is 0 Å². The lowest BCUT2D eigenvalue weighted by atomic mass is 10.0. The number of amides is 1. The summed E-state index contributed by atoms with van der Waals surface area (Å²) in [6, 6.07) is 10.8. The van der Waals surface area contributed by atoms with Crippen LogP contribution in [-0.2, 0) is 11.3 Å². The Morgan fingerprint density at radius 2 is 1.97 bits per heavy atom. The van der Waals surface area contributed by atoms with Gasteiger partial charge in [0.25, 0.3) is 0 Å². The van der Waals surface area contributed by atoms with Crippen LogP contribution in [0.25, 0.3) is 10.9 Å². The van der Waals surface area contributed by atoms with Gasteiger partial charge < -0.3 is 14.8 Å². The highest BCUT2D eigenvalue weighted by Crippen LogP contribution is 2.16. The molecule has 1 atom stereocenters. The average Bonchev–Trinajstić information content (AvgIpc) is 3.18. The maximum Gasteiger partial charge on any atom is 0.221 e. The van der Waals surface area contributed by atoms with Crippen molar-refractivity contribution in [3.05, 3.63) is 72.6 Å². The third-order valence-corrected chi connectivity index (χ3v) is 5.85. The number of unbranched alkanes of at least 4 members (excludes halogenated alkanes) is 2. The molecule has 0 bridgehead atoms. The van der Waals surface area contributed by atoms with Crippen LogP contribution in [0.5, 0.6) is 0 Å². The van der Waals surface area contributed by atoms with Crippen molar-refractivity contribution in [1.82, 2.24) is 14.8 Å². The Hall–Kier alpha value is -2.59. The van der Waals surface area contributed by atoms with E-state index in [9.17, 15) is 4.79 Å². The van der Waals surface area contributed by atoms with E-state index in [1.807, 2.05) is 25.2 Å². The van der Waals surface area contributed by atoms with Crippen LogP contribution in [0, 0.1) is 5.92 Å². The zero-order valence-corrected chi connectivity index (χ0v) is 20.4. The first-order chi connectivity index (χ1) is 15.5. The predicted octanol–water partition coefficient (Wildman–Crippen LogP) is 6.31. The van der Waals surface area contributed by atoms with Gasteiger partial charge in [-0.25, -0.2) is 0 Å². The van der Waals surface area contributed by atoms with Gasteiger partial charge in [0.05, 0.1) is 0 Å². The number of nitrogens with zero attached hydrogens (tertiary/aromatic N) is 2. The fourth-order valence-corrected chi connectivity index (χ4v) is 3.95. The van der Waals surface area contributed by atoms with Crippen LogP contribution in [0.3, 0.4) is 0 Å². The SMILES string of the molecule is C\C=C/C(=C\C=C\C(CC)CCN(C)CCCCCn1ccc2ccccc21)NC(C)=O. The summed E-state index contributed by atoms with van der Waals surface area (Å²) in [7, 11) is 2.23. The molecule has 0 saturated heterocycles. The Balaban J connectivity index is 1.66. The number of hydrogen-bond acceptors (Lipinski definition) is 2. The van der Waals surface area contributed by atoms with Crippen molar-refractivity contribution in [2.75, 3.05) is 20.1 Å². The van der Waals surface area contributed by atoms with E-state index in [0.717, 1.165) is 38.2 Å². The molecule has 4 heteroatoms. The number of fused-ring (bicyclic) bond motifs is 1. The molecule has 1 aromatic heterocycles. The summed E-state index contributed by atoms with van der Waals surface area (Å²) < 4.78 is 2.37. The third-order valence-electron chi connectivity index (χ3n) is 5.85. The molecular formula is C28H41N3O. The molecule has 0 aliphatic carbocycles. The Morgan fingerprint density at radius 3 is 2.72 bits per heavy atom. The summed E-state index contributed by atoms with van der Waals surface area (Å²) in [4.78, 5) is 13.7. The first kappa shape index (κ1) is 25.7. The van der Waals surface area contributed by atoms with Gasteiger partial charge in [0.1, 0.15) is 0 Å². The highest BCUT2D eigenvalue weighted by molar-refractivity contribution is 5.79. The molecule has 174 valence electrons. The number of carbonyl (C=O) groups is 1. The monoisotopic (exact) mass is 435 g/mol. The summed E-state index contributed by atoms with van der Waals surface area (Å²) in [6.07, 6.45) is 18.4. The van der Waals surface area contributed by atoms with Gasteiger partial charge in [-0.05, 0) is 88.3 Å². The number of aryl methyl sites for hydroxylation is 1. The normalized spacial score (nSPS) is 13.6. The molecule has 0 radical (unpaired) electrons. The standard InChI is InChI=1S/C28H41N3O/c1-5-13-27(29-24(3)32)16-12-14-25(6-2)18-22-30(4)20-10-7-11-21-31-23-19-26-15-8-9-17-28(26)31/h5,8-9,12-17,19,23,25H,6-7,10-11,18,20-22H2,1-4H3,(H,29,32)/b13-5-,14-12+,27-16+. The second-order valence-corrected chi connectivity index (χ2v) is 8.58. The van der Waals surface area contributed by atoms with Gasteiger partial charge in [-0.15, -0.1) is 0 Å². The number of allylic oxidation sites excluding steroid dienone is 5. The van der Waals surface area contributed by atoms with E-state index in [0.29, 0.717) is 5.92 Å². The molecule has 2 rings (SSSR count). The minimum atomic E-state index is -0.0434. The van der Waals surface area contributed by atoms with E-state index < -0.39 is 0 Å². The number of hydrogen-bond donors (Lipinski definition) is 1. The van der Waals surface area contributed by atoms with Crippen LogP contribution in [0.1, 0.15) is 52.9 Å². The Morgan fingerprint density at radius 1 is 1.16 bits per heavy atom. The van der Waals surface area contributed by atoms with Crippen molar-refractivity contribution in [3.63, 3.8) is 0 Å². The molecule has 2 aromatic rings. The zero-order chi connectivity index (χ0) is 23.2. The Labute approximate surface area is 194 Å². The van der Waals surface area contributed by atoms with Gasteiger partial charge in [-0.3, -0.25) is 4.79 Å². The summed E-state index contributed by atoms with van der Waals surface area (Å²) >= 11 is 0. The minimum absolute atomic E-state index is 0.0434. The Bertz CT molecular complexity index is 906. The van der Waals surface area contributed by atoms with Crippen molar-refractivity contribution >= 4 is 16.8 Å². The summed E-state index contributed by atoms with van der Waals surface area (Å²) in [5.74, 6) is 0.512. The van der Waals surface area contributed by atoms with E-state index in [-0.39, 0.29) is 5.91 Å². The first-order valence-electron chi connectivity index (χ1n) is 12.0. The topological polar surface area (TPSA) is 37.3 Å². The van der Waals surface area contributed by atoms with Crippen molar-refractivity contribution in [2.24, 2.45) is 5.92 Å². The second kappa shape index (κ2) is 14.5. The molecule has 0 spiro atoms. The van der Waals surface area contributed by atoms with E-state index in [1.165, 1.54) is 37.1 Å². The molecule has 4 nitrogen and oxygen atoms in total. The quantitative estimate of drug-likeness (QED) is 0.279. The van der Waals surface area contributed by atoms with Gasteiger partial charge >= 0.3 is 0 Å². The summed E-state index contributed by atoms with van der Waals surface area (Å²) in [6.45, 7) is 9.09. The highest BCUT2D eigenvalue weighted by atomic mass is 16.1. The highest BCUT2D eigenvalue weighted by Gasteiger charge is 2.05.